The Labute approximate surface area is 152 Å². The van der Waals surface area contributed by atoms with Gasteiger partial charge in [-0.25, -0.2) is 0 Å². The van der Waals surface area contributed by atoms with Crippen molar-refractivity contribution >= 4 is 23.3 Å². The summed E-state index contributed by atoms with van der Waals surface area (Å²) in [4.78, 5) is 35.6. The molecule has 6 heteroatoms. The second-order valence-electron chi connectivity index (χ2n) is 7.59. The highest BCUT2D eigenvalue weighted by Crippen LogP contribution is 2.38. The van der Waals surface area contributed by atoms with E-state index in [0.29, 0.717) is 12.1 Å². The Kier molecular flexibility index (Phi) is 4.22. The maximum absolute atomic E-state index is 12.6. The molecular weight excluding hydrogens is 330 g/mol. The fourth-order valence-corrected chi connectivity index (χ4v) is 3.66. The fourth-order valence-electron chi connectivity index (χ4n) is 3.66. The van der Waals surface area contributed by atoms with Gasteiger partial charge in [0, 0.05) is 36.5 Å². The number of aromatic nitrogens is 1. The van der Waals surface area contributed by atoms with Crippen LogP contribution in [0.2, 0.25) is 0 Å². The molecule has 6 nitrogen and oxygen atoms in total. The number of ketones is 1. The molecule has 0 saturated carbocycles. The molecule has 1 heterocycles. The molecule has 1 aromatic heterocycles. The lowest BCUT2D eigenvalue weighted by atomic mass is 9.75. The number of nitrogens with zero attached hydrogens (tertiary/aromatic N) is 1. The minimum absolute atomic E-state index is 0.121. The van der Waals surface area contributed by atoms with Crippen LogP contribution < -0.4 is 11.1 Å². The summed E-state index contributed by atoms with van der Waals surface area (Å²) in [5.74, 6) is -1.03. The number of rotatable bonds is 3. The van der Waals surface area contributed by atoms with Gasteiger partial charge < -0.3 is 15.6 Å². The number of nitrogens with one attached hydrogen (secondary N) is 1. The molecule has 0 bridgehead atoms. The van der Waals surface area contributed by atoms with Gasteiger partial charge in [0.2, 0.25) is 5.91 Å². The number of fused-ring (bicyclic) bond motifs is 1. The van der Waals surface area contributed by atoms with Gasteiger partial charge >= 0.3 is 0 Å². The predicted octanol–water partition coefficient (Wildman–Crippen LogP) is 2.81. The van der Waals surface area contributed by atoms with Gasteiger partial charge in [0.05, 0.1) is 11.3 Å². The van der Waals surface area contributed by atoms with Gasteiger partial charge in [-0.3, -0.25) is 14.4 Å². The lowest BCUT2D eigenvalue weighted by molar-refractivity contribution is -0.112. The highest BCUT2D eigenvalue weighted by molar-refractivity contribution is 6.04. The number of Topliss-reactive ketones (excluding diaryl/α,β-unsaturated/α-hetero) is 1. The summed E-state index contributed by atoms with van der Waals surface area (Å²) in [5.41, 5.74) is 9.15. The molecule has 1 aliphatic rings. The van der Waals surface area contributed by atoms with Crippen molar-refractivity contribution in [2.75, 3.05) is 5.32 Å². The van der Waals surface area contributed by atoms with Gasteiger partial charge in [-0.15, -0.1) is 0 Å². The van der Waals surface area contributed by atoms with Crippen LogP contribution in [-0.2, 0) is 11.2 Å². The van der Waals surface area contributed by atoms with Crippen molar-refractivity contribution in [2.24, 2.45) is 11.1 Å². The molecule has 1 aromatic carbocycles. The third-order valence-corrected chi connectivity index (χ3v) is 4.68. The Hall–Kier alpha value is -2.89. The maximum Gasteiger partial charge on any atom is 0.250 e. The van der Waals surface area contributed by atoms with E-state index in [1.54, 1.807) is 18.2 Å². The first-order valence-corrected chi connectivity index (χ1v) is 8.40. The predicted molar refractivity (Wildman–Crippen MR) is 99.4 cm³/mol. The van der Waals surface area contributed by atoms with E-state index in [4.69, 9.17) is 5.73 Å². The van der Waals surface area contributed by atoms with E-state index in [2.05, 4.69) is 26.1 Å². The molecule has 3 N–H and O–H groups in total. The van der Waals surface area contributed by atoms with Gasteiger partial charge in [0.15, 0.2) is 5.78 Å². The number of carbonyl (C=O) groups excluding carboxylic acids is 3. The fraction of sp³-hybridized carbons (Fsp3) is 0.300. The Morgan fingerprint density at radius 3 is 2.58 bits per heavy atom. The zero-order valence-electron chi connectivity index (χ0n) is 15.2. The Bertz CT molecular complexity index is 938. The van der Waals surface area contributed by atoms with E-state index in [1.807, 2.05) is 17.7 Å². The van der Waals surface area contributed by atoms with Crippen LogP contribution in [0, 0.1) is 19.3 Å². The molecule has 0 unspecified atom stereocenters. The number of nitrogens with two attached hydrogens (primary N) is 1. The van der Waals surface area contributed by atoms with Crippen molar-refractivity contribution in [1.29, 1.82) is 0 Å². The molecule has 3 rings (SSSR count). The monoisotopic (exact) mass is 352 g/mol. The molecule has 0 atom stereocenters. The quantitative estimate of drug-likeness (QED) is 0.889. The number of hydrogen-bond donors (Lipinski definition) is 2. The second-order valence-corrected chi connectivity index (χ2v) is 7.59. The van der Waals surface area contributed by atoms with E-state index in [-0.39, 0.29) is 16.8 Å². The lowest BCUT2D eigenvalue weighted by Crippen LogP contribution is -2.28. The van der Waals surface area contributed by atoms with Gasteiger partial charge in [0.1, 0.15) is 0 Å². The molecule has 2 aromatic rings. The number of carbonyl (C=O) groups is 3. The third kappa shape index (κ3) is 3.14. The van der Waals surface area contributed by atoms with E-state index >= 15 is 0 Å². The van der Waals surface area contributed by atoms with Gasteiger partial charge in [-0.1, -0.05) is 13.8 Å². The van der Waals surface area contributed by atoms with Crippen LogP contribution in [-0.4, -0.2) is 22.2 Å². The average molecular weight is 352 g/mol. The van der Waals surface area contributed by atoms with Crippen LogP contribution in [0.3, 0.4) is 0 Å². The number of amides is 2. The SMILES string of the molecule is [CH2]C(=O)Nc1cc(-n2cc(C)c3c2CC(C)(C)CC3=O)ccc1C(N)=O. The molecular formula is C20H22N3O3. The van der Waals surface area contributed by atoms with Crippen LogP contribution in [0.1, 0.15) is 52.2 Å². The molecule has 0 saturated heterocycles. The Morgan fingerprint density at radius 1 is 1.27 bits per heavy atom. The van der Waals surface area contributed by atoms with E-state index < -0.39 is 11.8 Å². The number of primary amides is 1. The summed E-state index contributed by atoms with van der Waals surface area (Å²) in [5, 5.41) is 2.55. The number of benzene rings is 1. The molecule has 1 radical (unpaired) electrons. The third-order valence-electron chi connectivity index (χ3n) is 4.68. The van der Waals surface area contributed by atoms with Gasteiger partial charge in [0.25, 0.3) is 5.91 Å². The summed E-state index contributed by atoms with van der Waals surface area (Å²) in [6.45, 7) is 9.35. The molecule has 2 amide bonds. The Balaban J connectivity index is 2.16. The molecule has 0 aliphatic heterocycles. The number of anilines is 1. The van der Waals surface area contributed by atoms with Crippen molar-refractivity contribution in [2.45, 2.75) is 33.6 Å². The second kappa shape index (κ2) is 6.12. The molecule has 26 heavy (non-hydrogen) atoms. The topological polar surface area (TPSA) is 94.2 Å². The van der Waals surface area contributed by atoms with Crippen LogP contribution >= 0.6 is 0 Å². The molecule has 135 valence electrons. The first-order chi connectivity index (χ1) is 12.1. The van der Waals surface area contributed by atoms with Gasteiger partial charge in [-0.05, 0) is 42.5 Å². The zero-order valence-corrected chi connectivity index (χ0v) is 15.2. The summed E-state index contributed by atoms with van der Waals surface area (Å²) in [6, 6.07) is 5.00. The van der Waals surface area contributed by atoms with Crippen molar-refractivity contribution in [1.82, 2.24) is 4.57 Å². The van der Waals surface area contributed by atoms with Crippen LogP contribution in [0.5, 0.6) is 0 Å². The van der Waals surface area contributed by atoms with Crippen molar-refractivity contribution in [3.8, 4) is 5.69 Å². The van der Waals surface area contributed by atoms with Crippen molar-refractivity contribution < 1.29 is 14.4 Å². The van der Waals surface area contributed by atoms with E-state index in [0.717, 1.165) is 28.9 Å². The minimum Gasteiger partial charge on any atom is -0.366 e. The summed E-state index contributed by atoms with van der Waals surface area (Å²) < 4.78 is 1.95. The Morgan fingerprint density at radius 2 is 1.96 bits per heavy atom. The normalized spacial score (nSPS) is 15.5. The standard InChI is InChI=1S/C20H22N3O3/c1-11-10-23(16-8-20(3,4)9-17(25)18(11)16)13-5-6-14(19(21)26)15(7-13)22-12(2)24/h5-7,10H,2,8-9H2,1,3-4H3,(H2,21,26)(H,22,24). The summed E-state index contributed by atoms with van der Waals surface area (Å²) >= 11 is 0. The number of hydrogen-bond acceptors (Lipinski definition) is 3. The molecule has 1 aliphatic carbocycles. The molecule has 0 spiro atoms. The van der Waals surface area contributed by atoms with Crippen molar-refractivity contribution in [3.05, 3.63) is 53.7 Å². The largest absolute Gasteiger partial charge is 0.366 e. The highest BCUT2D eigenvalue weighted by atomic mass is 16.2. The molecule has 0 fully saturated rings. The first kappa shape index (κ1) is 17.9. The summed E-state index contributed by atoms with van der Waals surface area (Å²) in [7, 11) is 0. The smallest absolute Gasteiger partial charge is 0.250 e. The van der Waals surface area contributed by atoms with Crippen LogP contribution in [0.15, 0.2) is 24.4 Å². The van der Waals surface area contributed by atoms with Gasteiger partial charge in [-0.2, -0.15) is 0 Å². The number of aryl methyl sites for hydroxylation is 1. The average Bonchev–Trinajstić information content (AvgIpc) is 2.81. The highest BCUT2D eigenvalue weighted by Gasteiger charge is 2.34. The van der Waals surface area contributed by atoms with Crippen LogP contribution in [0.4, 0.5) is 5.69 Å². The lowest BCUT2D eigenvalue weighted by Gasteiger charge is -2.30. The first-order valence-electron chi connectivity index (χ1n) is 8.40. The van der Waals surface area contributed by atoms with Crippen LogP contribution in [0.25, 0.3) is 5.69 Å². The van der Waals surface area contributed by atoms with Crippen molar-refractivity contribution in [3.63, 3.8) is 0 Å². The van der Waals surface area contributed by atoms with E-state index in [9.17, 15) is 14.4 Å². The summed E-state index contributed by atoms with van der Waals surface area (Å²) in [6.07, 6.45) is 3.20. The maximum atomic E-state index is 12.6. The van der Waals surface area contributed by atoms with E-state index in [1.165, 1.54) is 0 Å². The minimum atomic E-state index is -0.637. The zero-order chi connectivity index (χ0) is 19.2.